The maximum absolute atomic E-state index is 4.45. The van der Waals surface area contributed by atoms with Crippen molar-refractivity contribution >= 4 is 28.2 Å². The van der Waals surface area contributed by atoms with Gasteiger partial charge in [0.1, 0.15) is 0 Å². The first-order valence-electron chi connectivity index (χ1n) is 7.04. The van der Waals surface area contributed by atoms with Crippen LogP contribution in [0.25, 0.3) is 11.3 Å². The molecule has 23 heavy (non-hydrogen) atoms. The van der Waals surface area contributed by atoms with Crippen LogP contribution in [0.2, 0.25) is 0 Å². The first kappa shape index (κ1) is 18.0. The monoisotopic (exact) mass is 454 g/mol. The van der Waals surface area contributed by atoms with Crippen molar-refractivity contribution in [3.63, 3.8) is 0 Å². The Hall–Kier alpha value is -1.36. The molecule has 0 bridgehead atoms. The zero-order valence-electron chi connectivity index (χ0n) is 12.3. The second kappa shape index (κ2) is 9.06. The summed E-state index contributed by atoms with van der Waals surface area (Å²) >= 11 is 2.33. The summed E-state index contributed by atoms with van der Waals surface area (Å²) in [5.74, 6) is 0. The minimum atomic E-state index is 0. The van der Waals surface area contributed by atoms with E-state index in [0.29, 0.717) is 0 Å². The summed E-state index contributed by atoms with van der Waals surface area (Å²) in [6, 6.07) is 10.2. The Kier molecular flexibility index (Phi) is 7.09. The molecule has 1 heterocycles. The van der Waals surface area contributed by atoms with E-state index in [2.05, 4.69) is 52.0 Å². The molecule has 2 aromatic rings. The molecule has 4 heteroatoms. The molecule has 0 aliphatic heterocycles. The Labute approximate surface area is 161 Å². The van der Waals surface area contributed by atoms with Gasteiger partial charge in [0, 0.05) is 29.9 Å². The van der Waals surface area contributed by atoms with Crippen molar-refractivity contribution < 1.29 is 17.1 Å². The SMILES string of the molecule is Ic1cnn(-c2ccccc2)c1C1=C[CH]C=C1.[CH]1C=CC=C1.[Fe]. The molecule has 0 N–H and O–H groups in total. The number of nitrogens with zero attached hydrogens (tertiary/aromatic N) is 2. The van der Waals surface area contributed by atoms with Crippen LogP contribution in [0.1, 0.15) is 5.69 Å². The van der Waals surface area contributed by atoms with Crippen LogP contribution in [0.15, 0.2) is 79.1 Å². The number of benzene rings is 1. The van der Waals surface area contributed by atoms with Crippen molar-refractivity contribution in [2.24, 2.45) is 0 Å². The van der Waals surface area contributed by atoms with Crippen LogP contribution in [-0.4, -0.2) is 9.78 Å². The molecule has 2 aliphatic carbocycles. The smallest absolute Gasteiger partial charge is 0.0871 e. The largest absolute Gasteiger partial charge is 0.232 e. The molecule has 1 aromatic heterocycles. The Morgan fingerprint density at radius 1 is 0.870 bits per heavy atom. The van der Waals surface area contributed by atoms with Gasteiger partial charge in [0.05, 0.1) is 21.1 Å². The number of aromatic nitrogens is 2. The summed E-state index contributed by atoms with van der Waals surface area (Å²) in [5.41, 5.74) is 3.45. The van der Waals surface area contributed by atoms with E-state index in [1.165, 1.54) is 5.57 Å². The van der Waals surface area contributed by atoms with Crippen molar-refractivity contribution in [2.45, 2.75) is 0 Å². The first-order chi connectivity index (χ1) is 10.9. The molecular weight excluding hydrogens is 439 g/mol. The molecule has 0 atom stereocenters. The fourth-order valence-electron chi connectivity index (χ4n) is 2.21. The number of hydrogen-bond acceptors (Lipinski definition) is 1. The van der Waals surface area contributed by atoms with Crippen LogP contribution in [0.4, 0.5) is 0 Å². The van der Waals surface area contributed by atoms with Gasteiger partial charge in [0.25, 0.3) is 0 Å². The Morgan fingerprint density at radius 2 is 1.61 bits per heavy atom. The number of hydrogen-bond donors (Lipinski definition) is 0. The van der Waals surface area contributed by atoms with Crippen molar-refractivity contribution in [2.75, 3.05) is 0 Å². The van der Waals surface area contributed by atoms with Gasteiger partial charge >= 0.3 is 0 Å². The molecule has 2 nitrogen and oxygen atoms in total. The quantitative estimate of drug-likeness (QED) is 0.464. The fraction of sp³-hybridized carbons (Fsp3) is 0. The van der Waals surface area contributed by atoms with Crippen LogP contribution in [-0.2, 0) is 17.1 Å². The van der Waals surface area contributed by atoms with Crippen molar-refractivity contribution in [3.8, 4) is 5.69 Å². The van der Waals surface area contributed by atoms with Crippen LogP contribution in [0, 0.1) is 16.4 Å². The molecule has 0 saturated carbocycles. The first-order valence-corrected chi connectivity index (χ1v) is 8.12. The Bertz CT molecular complexity index is 745. The summed E-state index contributed by atoms with van der Waals surface area (Å²) in [7, 11) is 0. The standard InChI is InChI=1S/C14H10IN2.C5H5.Fe/c15-13-10-16-17(12-8-2-1-3-9-12)14(13)11-6-4-5-7-11;1-2-4-5-3-1;/h1-10H;1-5H;. The number of rotatable bonds is 2. The van der Waals surface area contributed by atoms with E-state index in [0.717, 1.165) is 15.0 Å². The zero-order chi connectivity index (χ0) is 15.2. The third-order valence-electron chi connectivity index (χ3n) is 3.22. The fourth-order valence-corrected chi connectivity index (χ4v) is 2.87. The summed E-state index contributed by atoms with van der Waals surface area (Å²) in [5, 5.41) is 4.45. The minimum absolute atomic E-state index is 0. The Morgan fingerprint density at radius 3 is 2.17 bits per heavy atom. The second-order valence-electron chi connectivity index (χ2n) is 4.72. The molecule has 0 saturated heterocycles. The summed E-state index contributed by atoms with van der Waals surface area (Å²) in [4.78, 5) is 0. The van der Waals surface area contributed by atoms with Gasteiger partial charge in [-0.3, -0.25) is 0 Å². The van der Waals surface area contributed by atoms with E-state index in [9.17, 15) is 0 Å². The van der Waals surface area contributed by atoms with E-state index in [1.54, 1.807) is 0 Å². The van der Waals surface area contributed by atoms with Crippen molar-refractivity contribution in [1.29, 1.82) is 0 Å². The van der Waals surface area contributed by atoms with E-state index in [4.69, 9.17) is 0 Å². The van der Waals surface area contributed by atoms with Crippen LogP contribution < -0.4 is 0 Å². The average Bonchev–Trinajstić information content (AvgIpc) is 3.31. The summed E-state index contributed by atoms with van der Waals surface area (Å²) < 4.78 is 3.15. The minimum Gasteiger partial charge on any atom is -0.232 e. The third kappa shape index (κ3) is 4.56. The molecule has 0 fully saturated rings. The van der Waals surface area contributed by atoms with Crippen molar-refractivity contribution in [1.82, 2.24) is 9.78 Å². The zero-order valence-corrected chi connectivity index (χ0v) is 15.5. The number of allylic oxidation sites excluding steroid dienone is 8. The predicted octanol–water partition coefficient (Wildman–Crippen LogP) is 4.95. The molecule has 0 unspecified atom stereocenters. The van der Waals surface area contributed by atoms with Gasteiger partial charge in [-0.15, -0.1) is 0 Å². The maximum atomic E-state index is 4.45. The number of para-hydroxylation sites is 1. The summed E-state index contributed by atoms with van der Waals surface area (Å²) in [6.07, 6.45) is 20.2. The molecule has 0 spiro atoms. The van der Waals surface area contributed by atoms with Crippen LogP contribution >= 0.6 is 22.6 Å². The van der Waals surface area contributed by atoms with Gasteiger partial charge in [-0.1, -0.05) is 60.7 Å². The van der Waals surface area contributed by atoms with Gasteiger partial charge < -0.3 is 0 Å². The van der Waals surface area contributed by atoms with Gasteiger partial charge in [-0.25, -0.2) is 4.68 Å². The Balaban J connectivity index is 0.000000276. The van der Waals surface area contributed by atoms with Crippen molar-refractivity contribution in [3.05, 3.63) is 101 Å². The van der Waals surface area contributed by atoms with Gasteiger partial charge in [-0.05, 0) is 40.3 Å². The predicted molar refractivity (Wildman–Crippen MR) is 100 cm³/mol. The normalized spacial score (nSPS) is 14.2. The average molecular weight is 454 g/mol. The molecule has 4 rings (SSSR count). The van der Waals surface area contributed by atoms with Crippen LogP contribution in [0.3, 0.4) is 0 Å². The molecule has 116 valence electrons. The van der Waals surface area contributed by atoms with E-state index in [-0.39, 0.29) is 17.1 Å². The van der Waals surface area contributed by atoms with Gasteiger partial charge in [-0.2, -0.15) is 5.10 Å². The van der Waals surface area contributed by atoms with Gasteiger partial charge in [0.2, 0.25) is 0 Å². The third-order valence-corrected chi connectivity index (χ3v) is 4.01. The molecule has 2 aliphatic rings. The second-order valence-corrected chi connectivity index (χ2v) is 5.89. The van der Waals surface area contributed by atoms with Crippen LogP contribution in [0.5, 0.6) is 0 Å². The molecular formula is C19H15FeIN2. The van der Waals surface area contributed by atoms with E-state index >= 15 is 0 Å². The van der Waals surface area contributed by atoms with Gasteiger partial charge in [0.15, 0.2) is 0 Å². The van der Waals surface area contributed by atoms with E-state index < -0.39 is 0 Å². The maximum Gasteiger partial charge on any atom is 0.0871 e. The van der Waals surface area contributed by atoms with E-state index in [1.807, 2.05) is 72.3 Å². The number of halogens is 1. The topological polar surface area (TPSA) is 17.8 Å². The molecule has 1 aromatic carbocycles. The molecule has 2 radical (unpaired) electrons. The summed E-state index contributed by atoms with van der Waals surface area (Å²) in [6.45, 7) is 0. The molecule has 0 amide bonds.